The predicted octanol–water partition coefficient (Wildman–Crippen LogP) is 5.83. The fraction of sp³-hybridized carbons (Fsp3) is 0.909. The summed E-state index contributed by atoms with van der Waals surface area (Å²) in [6.45, 7) is 7.37. The molecule has 4 fully saturated rings. The molecule has 4 aliphatic carbocycles. The topological polar surface area (TPSA) is 18.5 Å². The van der Waals surface area contributed by atoms with Gasteiger partial charge in [0, 0.05) is 7.11 Å². The molecule has 0 aromatic heterocycles. The first-order chi connectivity index (χ1) is 12.0. The Labute approximate surface area is 159 Å². The summed E-state index contributed by atoms with van der Waals surface area (Å²) in [5.74, 6) is 3.22. The first-order valence-corrected chi connectivity index (χ1v) is 10.8. The standard InChI is InChI=1S/C22H36O2S/c1-5-14-7-9-18-17-8-6-15-12-16(24-25)10-11-21(15,2)20(17)19(23-4)13-22(14,18)3/h5,15-20,25H,6-13H2,1-4H3/b14-5-/t15-,16+,17-,18-,19-,20+,21-,22+/m0/s1. The van der Waals surface area contributed by atoms with E-state index in [0.29, 0.717) is 23.0 Å². The third kappa shape index (κ3) is 2.59. The van der Waals surface area contributed by atoms with Gasteiger partial charge < -0.3 is 8.92 Å². The van der Waals surface area contributed by atoms with Crippen LogP contribution in [0.4, 0.5) is 0 Å². The second-order valence-corrected chi connectivity index (χ2v) is 10.0. The summed E-state index contributed by atoms with van der Waals surface area (Å²) < 4.78 is 11.7. The summed E-state index contributed by atoms with van der Waals surface area (Å²) in [5.41, 5.74) is 2.51. The first kappa shape index (κ1) is 18.4. The third-order valence-electron chi connectivity index (χ3n) is 9.18. The zero-order chi connectivity index (χ0) is 17.8. The highest BCUT2D eigenvalue weighted by molar-refractivity contribution is 7.75. The van der Waals surface area contributed by atoms with Crippen LogP contribution in [0.2, 0.25) is 0 Å². The van der Waals surface area contributed by atoms with Gasteiger partial charge in [0.25, 0.3) is 0 Å². The number of allylic oxidation sites excluding steroid dienone is 2. The van der Waals surface area contributed by atoms with Gasteiger partial charge in [-0.3, -0.25) is 0 Å². The number of methoxy groups -OCH3 is 1. The molecule has 0 N–H and O–H groups in total. The van der Waals surface area contributed by atoms with Crippen molar-refractivity contribution in [3.05, 3.63) is 11.6 Å². The Morgan fingerprint density at radius 1 is 1.16 bits per heavy atom. The molecule has 8 atom stereocenters. The van der Waals surface area contributed by atoms with Crippen LogP contribution in [-0.2, 0) is 8.92 Å². The molecule has 2 nitrogen and oxygen atoms in total. The van der Waals surface area contributed by atoms with Gasteiger partial charge in [-0.05, 0) is 106 Å². The van der Waals surface area contributed by atoms with Crippen molar-refractivity contribution >= 4 is 12.9 Å². The Morgan fingerprint density at radius 3 is 2.64 bits per heavy atom. The minimum Gasteiger partial charge on any atom is -0.381 e. The van der Waals surface area contributed by atoms with E-state index in [1.165, 1.54) is 44.9 Å². The van der Waals surface area contributed by atoms with Crippen LogP contribution in [0.5, 0.6) is 0 Å². The van der Waals surface area contributed by atoms with E-state index < -0.39 is 0 Å². The van der Waals surface area contributed by atoms with Crippen molar-refractivity contribution < 1.29 is 8.92 Å². The predicted molar refractivity (Wildman–Crippen MR) is 106 cm³/mol. The Morgan fingerprint density at radius 2 is 1.96 bits per heavy atom. The lowest BCUT2D eigenvalue weighted by molar-refractivity contribution is -0.173. The van der Waals surface area contributed by atoms with E-state index in [1.54, 1.807) is 5.57 Å². The second-order valence-electron chi connectivity index (χ2n) is 9.83. The van der Waals surface area contributed by atoms with E-state index in [1.807, 2.05) is 7.11 Å². The first-order valence-electron chi connectivity index (χ1n) is 10.5. The lowest BCUT2D eigenvalue weighted by Crippen LogP contribution is -2.59. The monoisotopic (exact) mass is 364 g/mol. The van der Waals surface area contributed by atoms with Gasteiger partial charge in [-0.15, -0.1) is 0 Å². The summed E-state index contributed by atoms with van der Waals surface area (Å²) in [6, 6.07) is 0. The minimum absolute atomic E-state index is 0.355. The van der Waals surface area contributed by atoms with Gasteiger partial charge in [-0.2, -0.15) is 0 Å². The fourth-order valence-electron chi connectivity index (χ4n) is 7.95. The van der Waals surface area contributed by atoms with Crippen molar-refractivity contribution in [3.8, 4) is 0 Å². The summed E-state index contributed by atoms with van der Waals surface area (Å²) >= 11 is 4.13. The number of ether oxygens (including phenoxy) is 1. The summed E-state index contributed by atoms with van der Waals surface area (Å²) in [4.78, 5) is 0. The summed E-state index contributed by atoms with van der Waals surface area (Å²) in [7, 11) is 1.96. The molecule has 4 saturated carbocycles. The van der Waals surface area contributed by atoms with Crippen molar-refractivity contribution in [2.24, 2.45) is 34.5 Å². The smallest absolute Gasteiger partial charge is 0.0722 e. The van der Waals surface area contributed by atoms with E-state index in [0.717, 1.165) is 30.1 Å². The molecule has 0 amide bonds. The Bertz CT molecular complexity index is 546. The van der Waals surface area contributed by atoms with Crippen LogP contribution in [0, 0.1) is 34.5 Å². The van der Waals surface area contributed by atoms with Crippen LogP contribution in [0.25, 0.3) is 0 Å². The number of hydrogen-bond acceptors (Lipinski definition) is 3. The van der Waals surface area contributed by atoms with Crippen LogP contribution in [-0.4, -0.2) is 19.3 Å². The molecule has 142 valence electrons. The number of thiol groups is 1. The molecule has 0 spiro atoms. The highest BCUT2D eigenvalue weighted by Gasteiger charge is 2.62. The molecule has 4 aliphatic rings. The quantitative estimate of drug-likeness (QED) is 0.377. The van der Waals surface area contributed by atoms with Gasteiger partial charge in [0.05, 0.1) is 12.2 Å². The SMILES string of the molecule is C/C=C1/CC[C@H]2[C@@H]3CC[C@H]4C[C@H](OS)CC[C@]4(C)[C@H]3[C@@H](OC)C[C@]12C. The molecule has 0 bridgehead atoms. The minimum atomic E-state index is 0.355. The molecule has 0 unspecified atom stereocenters. The van der Waals surface area contributed by atoms with E-state index in [4.69, 9.17) is 8.92 Å². The van der Waals surface area contributed by atoms with E-state index in [9.17, 15) is 0 Å². The van der Waals surface area contributed by atoms with Gasteiger partial charge in [0.1, 0.15) is 0 Å². The molecule has 0 aromatic carbocycles. The van der Waals surface area contributed by atoms with Gasteiger partial charge in [-0.25, -0.2) is 0 Å². The molecule has 0 aromatic rings. The average Bonchev–Trinajstić information content (AvgIpc) is 2.96. The van der Waals surface area contributed by atoms with Gasteiger partial charge in [0.15, 0.2) is 0 Å². The Hall–Kier alpha value is 0.01000. The Kier molecular flexibility index (Phi) is 4.82. The molecule has 0 saturated heterocycles. The number of hydrogen-bond donors (Lipinski definition) is 1. The molecular weight excluding hydrogens is 328 g/mol. The van der Waals surface area contributed by atoms with Crippen molar-refractivity contribution in [2.45, 2.75) is 84.3 Å². The van der Waals surface area contributed by atoms with Crippen LogP contribution < -0.4 is 0 Å². The van der Waals surface area contributed by atoms with Crippen LogP contribution in [0.1, 0.15) is 72.1 Å². The molecule has 4 rings (SSSR count). The molecule has 3 heteroatoms. The van der Waals surface area contributed by atoms with Crippen LogP contribution in [0.15, 0.2) is 11.6 Å². The van der Waals surface area contributed by atoms with E-state index in [2.05, 4.69) is 39.8 Å². The number of rotatable bonds is 2. The summed E-state index contributed by atoms with van der Waals surface area (Å²) in [6.07, 6.45) is 13.5. The maximum Gasteiger partial charge on any atom is 0.0722 e. The zero-order valence-electron chi connectivity index (χ0n) is 16.5. The summed E-state index contributed by atoms with van der Waals surface area (Å²) in [5, 5.41) is 0. The van der Waals surface area contributed by atoms with E-state index >= 15 is 0 Å². The lowest BCUT2D eigenvalue weighted by atomic mass is 9.44. The number of fused-ring (bicyclic) bond motifs is 5. The van der Waals surface area contributed by atoms with Crippen molar-refractivity contribution in [2.75, 3.05) is 7.11 Å². The molecule has 0 heterocycles. The van der Waals surface area contributed by atoms with Gasteiger partial charge in [0.2, 0.25) is 0 Å². The average molecular weight is 365 g/mol. The Balaban J connectivity index is 1.68. The fourth-order valence-corrected chi connectivity index (χ4v) is 8.14. The third-order valence-corrected chi connectivity index (χ3v) is 9.47. The second kappa shape index (κ2) is 6.56. The highest BCUT2D eigenvalue weighted by atomic mass is 32.1. The van der Waals surface area contributed by atoms with Crippen LogP contribution in [0.3, 0.4) is 0 Å². The van der Waals surface area contributed by atoms with Gasteiger partial charge >= 0.3 is 0 Å². The highest BCUT2D eigenvalue weighted by Crippen LogP contribution is 2.67. The van der Waals surface area contributed by atoms with E-state index in [-0.39, 0.29) is 0 Å². The molecule has 0 radical (unpaired) electrons. The van der Waals surface area contributed by atoms with Crippen molar-refractivity contribution in [1.29, 1.82) is 0 Å². The normalized spacial score (nSPS) is 54.0. The molecular formula is C22H36O2S. The maximum absolute atomic E-state index is 6.22. The molecule has 25 heavy (non-hydrogen) atoms. The maximum atomic E-state index is 6.22. The van der Waals surface area contributed by atoms with Gasteiger partial charge in [-0.1, -0.05) is 25.5 Å². The van der Waals surface area contributed by atoms with Crippen molar-refractivity contribution in [3.63, 3.8) is 0 Å². The largest absolute Gasteiger partial charge is 0.381 e. The van der Waals surface area contributed by atoms with Crippen molar-refractivity contribution in [1.82, 2.24) is 0 Å². The lowest BCUT2D eigenvalue weighted by Gasteiger charge is -2.62. The van der Waals surface area contributed by atoms with Crippen LogP contribution >= 0.6 is 12.9 Å². The molecule has 0 aliphatic heterocycles. The zero-order valence-corrected chi connectivity index (χ0v) is 17.4.